The van der Waals surface area contributed by atoms with E-state index in [-0.39, 0.29) is 11.7 Å². The molecule has 1 aliphatic heterocycles. The molecule has 2 aliphatic rings. The van der Waals surface area contributed by atoms with Crippen LogP contribution in [0.25, 0.3) is 0 Å². The highest BCUT2D eigenvalue weighted by atomic mass is 16.6. The van der Waals surface area contributed by atoms with Crippen molar-refractivity contribution in [2.45, 2.75) is 52.2 Å². The Morgan fingerprint density at radius 1 is 1.33 bits per heavy atom. The van der Waals surface area contributed by atoms with Gasteiger partial charge in [0.15, 0.2) is 0 Å². The van der Waals surface area contributed by atoms with Gasteiger partial charge in [-0.3, -0.25) is 0 Å². The lowest BCUT2D eigenvalue weighted by atomic mass is 9.97. The molecule has 1 heterocycles. The molecule has 2 fully saturated rings. The zero-order chi connectivity index (χ0) is 11.2. The van der Waals surface area contributed by atoms with Crippen LogP contribution in [0.1, 0.15) is 40.5 Å². The third-order valence-corrected chi connectivity index (χ3v) is 3.52. The van der Waals surface area contributed by atoms with Crippen molar-refractivity contribution >= 4 is 6.09 Å². The third kappa shape index (κ3) is 2.11. The molecular formula is C12H21NO2. The summed E-state index contributed by atoms with van der Waals surface area (Å²) in [6.07, 6.45) is 2.21. The predicted octanol–water partition coefficient (Wildman–Crippen LogP) is 2.65. The summed E-state index contributed by atoms with van der Waals surface area (Å²) in [5.41, 5.74) is -0.371. The molecule has 15 heavy (non-hydrogen) atoms. The summed E-state index contributed by atoms with van der Waals surface area (Å²) in [4.78, 5) is 13.8. The maximum Gasteiger partial charge on any atom is 0.410 e. The molecule has 0 aromatic carbocycles. The Labute approximate surface area is 91.8 Å². The molecule has 3 atom stereocenters. The van der Waals surface area contributed by atoms with E-state index >= 15 is 0 Å². The Morgan fingerprint density at radius 3 is 2.40 bits per heavy atom. The molecule has 1 saturated carbocycles. The molecule has 3 heteroatoms. The predicted molar refractivity (Wildman–Crippen MR) is 58.6 cm³/mol. The maximum absolute atomic E-state index is 11.9. The first-order chi connectivity index (χ1) is 6.87. The van der Waals surface area contributed by atoms with Crippen molar-refractivity contribution in [2.75, 3.05) is 6.54 Å². The minimum atomic E-state index is -0.371. The quantitative estimate of drug-likeness (QED) is 0.616. The summed E-state index contributed by atoms with van der Waals surface area (Å²) in [5.74, 6) is 1.50. The van der Waals surface area contributed by atoms with Crippen LogP contribution in [0.3, 0.4) is 0 Å². The van der Waals surface area contributed by atoms with Gasteiger partial charge in [-0.1, -0.05) is 6.92 Å². The number of amides is 1. The molecule has 1 amide bonds. The summed E-state index contributed by atoms with van der Waals surface area (Å²) in [7, 11) is 0. The van der Waals surface area contributed by atoms with Crippen LogP contribution in [0.2, 0.25) is 0 Å². The number of carbonyl (C=O) groups is 1. The largest absolute Gasteiger partial charge is 0.444 e. The first kappa shape index (κ1) is 10.8. The van der Waals surface area contributed by atoms with Gasteiger partial charge in [0.1, 0.15) is 5.60 Å². The molecule has 0 spiro atoms. The van der Waals surface area contributed by atoms with Gasteiger partial charge in [-0.15, -0.1) is 0 Å². The number of hydrogen-bond acceptors (Lipinski definition) is 2. The fourth-order valence-corrected chi connectivity index (χ4v) is 2.75. The van der Waals surface area contributed by atoms with Crippen molar-refractivity contribution in [1.82, 2.24) is 4.90 Å². The van der Waals surface area contributed by atoms with E-state index in [0.717, 1.165) is 18.9 Å². The molecule has 3 nitrogen and oxygen atoms in total. The minimum Gasteiger partial charge on any atom is -0.444 e. The van der Waals surface area contributed by atoms with Crippen molar-refractivity contribution in [3.63, 3.8) is 0 Å². The molecule has 0 aromatic heterocycles. The van der Waals surface area contributed by atoms with Crippen LogP contribution in [-0.2, 0) is 4.74 Å². The smallest absolute Gasteiger partial charge is 0.410 e. The summed E-state index contributed by atoms with van der Waals surface area (Å²) >= 11 is 0. The van der Waals surface area contributed by atoms with E-state index in [1.807, 2.05) is 25.7 Å². The van der Waals surface area contributed by atoms with E-state index < -0.39 is 0 Å². The molecule has 0 N–H and O–H groups in total. The summed E-state index contributed by atoms with van der Waals surface area (Å²) in [5, 5.41) is 0. The van der Waals surface area contributed by atoms with Crippen LogP contribution in [0.4, 0.5) is 4.79 Å². The monoisotopic (exact) mass is 211 g/mol. The molecule has 86 valence electrons. The summed E-state index contributed by atoms with van der Waals surface area (Å²) < 4.78 is 5.40. The number of rotatable bonds is 0. The second kappa shape index (κ2) is 3.39. The number of piperidine rings is 1. The van der Waals surface area contributed by atoms with Gasteiger partial charge >= 0.3 is 6.09 Å². The number of likely N-dealkylation sites (tertiary alicyclic amines) is 1. The lowest BCUT2D eigenvalue weighted by Crippen LogP contribution is -2.42. The van der Waals surface area contributed by atoms with Gasteiger partial charge in [0.25, 0.3) is 0 Å². The summed E-state index contributed by atoms with van der Waals surface area (Å²) in [6.45, 7) is 8.95. The highest BCUT2D eigenvalue weighted by Crippen LogP contribution is 2.42. The van der Waals surface area contributed by atoms with Gasteiger partial charge in [-0.25, -0.2) is 4.79 Å². The second-order valence-corrected chi connectivity index (χ2v) is 6.00. The van der Waals surface area contributed by atoms with Crippen LogP contribution < -0.4 is 0 Å². The first-order valence-electron chi connectivity index (χ1n) is 5.86. The Hall–Kier alpha value is -0.730. The number of ether oxygens (including phenoxy) is 1. The van der Waals surface area contributed by atoms with Crippen LogP contribution >= 0.6 is 0 Å². The molecule has 1 aliphatic carbocycles. The van der Waals surface area contributed by atoms with Crippen molar-refractivity contribution in [3.05, 3.63) is 0 Å². The first-order valence-corrected chi connectivity index (χ1v) is 5.86. The van der Waals surface area contributed by atoms with E-state index in [1.54, 1.807) is 0 Å². The minimum absolute atomic E-state index is 0.123. The standard InChI is InChI=1S/C12H21NO2/c1-8-5-10-6-9(8)7-13(10)11(14)15-12(2,3)4/h8-10H,5-7H2,1-4H3/t8-,9+,10-/m1/s1. The Bertz CT molecular complexity index is 267. The Morgan fingerprint density at radius 2 is 2.00 bits per heavy atom. The van der Waals surface area contributed by atoms with Gasteiger partial charge in [0.05, 0.1) is 0 Å². The normalized spacial score (nSPS) is 34.7. The van der Waals surface area contributed by atoms with Crippen LogP contribution in [0.15, 0.2) is 0 Å². The zero-order valence-electron chi connectivity index (χ0n) is 10.1. The van der Waals surface area contributed by atoms with E-state index in [2.05, 4.69) is 6.92 Å². The van der Waals surface area contributed by atoms with E-state index in [1.165, 1.54) is 6.42 Å². The number of nitrogens with zero attached hydrogens (tertiary/aromatic N) is 1. The molecule has 0 aromatic rings. The average Bonchev–Trinajstić information content (AvgIpc) is 2.58. The number of carbonyl (C=O) groups excluding carboxylic acids is 1. The highest BCUT2D eigenvalue weighted by Gasteiger charge is 2.45. The highest BCUT2D eigenvalue weighted by molar-refractivity contribution is 5.69. The van der Waals surface area contributed by atoms with Gasteiger partial charge in [0, 0.05) is 12.6 Å². The maximum atomic E-state index is 11.9. The van der Waals surface area contributed by atoms with Crippen molar-refractivity contribution < 1.29 is 9.53 Å². The van der Waals surface area contributed by atoms with Gasteiger partial charge in [-0.05, 0) is 45.4 Å². The molecule has 1 saturated heterocycles. The van der Waals surface area contributed by atoms with Crippen LogP contribution in [0.5, 0.6) is 0 Å². The van der Waals surface area contributed by atoms with Crippen molar-refractivity contribution in [3.8, 4) is 0 Å². The summed E-state index contributed by atoms with van der Waals surface area (Å²) in [6, 6.07) is 0.444. The van der Waals surface area contributed by atoms with Crippen LogP contribution in [-0.4, -0.2) is 29.2 Å². The molecular weight excluding hydrogens is 190 g/mol. The molecule has 0 radical (unpaired) electrons. The van der Waals surface area contributed by atoms with E-state index in [9.17, 15) is 4.79 Å². The number of fused-ring (bicyclic) bond motifs is 2. The van der Waals surface area contributed by atoms with Crippen molar-refractivity contribution in [1.29, 1.82) is 0 Å². The molecule has 0 unspecified atom stereocenters. The third-order valence-electron chi connectivity index (χ3n) is 3.52. The van der Waals surface area contributed by atoms with Crippen LogP contribution in [0, 0.1) is 11.8 Å². The number of hydrogen-bond donors (Lipinski definition) is 0. The second-order valence-electron chi connectivity index (χ2n) is 6.00. The lowest BCUT2D eigenvalue weighted by molar-refractivity contribution is 0.0167. The SMILES string of the molecule is C[C@@H]1C[C@@H]2C[C@H]1CN2C(=O)OC(C)(C)C. The average molecular weight is 211 g/mol. The molecule has 2 rings (SSSR count). The van der Waals surface area contributed by atoms with E-state index in [4.69, 9.17) is 4.74 Å². The fraction of sp³-hybridized carbons (Fsp3) is 0.917. The fourth-order valence-electron chi connectivity index (χ4n) is 2.75. The Kier molecular flexibility index (Phi) is 2.44. The molecule has 2 bridgehead atoms. The van der Waals surface area contributed by atoms with Crippen molar-refractivity contribution in [2.24, 2.45) is 11.8 Å². The van der Waals surface area contributed by atoms with Gasteiger partial charge < -0.3 is 9.64 Å². The van der Waals surface area contributed by atoms with Gasteiger partial charge in [0.2, 0.25) is 0 Å². The topological polar surface area (TPSA) is 29.5 Å². The van der Waals surface area contributed by atoms with E-state index in [0.29, 0.717) is 12.0 Å². The Balaban J connectivity index is 1.94. The lowest BCUT2D eigenvalue weighted by Gasteiger charge is -2.32. The zero-order valence-corrected chi connectivity index (χ0v) is 10.1. The van der Waals surface area contributed by atoms with Gasteiger partial charge in [-0.2, -0.15) is 0 Å².